The fourth-order valence-electron chi connectivity index (χ4n) is 4.73. The van der Waals surface area contributed by atoms with Gasteiger partial charge >= 0.3 is 0 Å². The van der Waals surface area contributed by atoms with Gasteiger partial charge in [-0.2, -0.15) is 4.98 Å². The summed E-state index contributed by atoms with van der Waals surface area (Å²) < 4.78 is 0. The van der Waals surface area contributed by atoms with Crippen molar-refractivity contribution in [3.05, 3.63) is 59.8 Å². The molecule has 3 heterocycles. The van der Waals surface area contributed by atoms with Crippen LogP contribution in [0.5, 0.6) is 0 Å². The Bertz CT molecular complexity index is 1030. The van der Waals surface area contributed by atoms with Gasteiger partial charge in [-0.05, 0) is 43.4 Å². The van der Waals surface area contributed by atoms with Gasteiger partial charge in [0.25, 0.3) is 0 Å². The van der Waals surface area contributed by atoms with Crippen molar-refractivity contribution in [3.8, 4) is 11.3 Å². The molecule has 5 rings (SSSR count). The van der Waals surface area contributed by atoms with Gasteiger partial charge in [0.05, 0.1) is 12.3 Å². The normalized spacial score (nSPS) is 16.7. The number of aliphatic hydroxyl groups excluding tert-OH is 1. The third kappa shape index (κ3) is 4.26. The Labute approximate surface area is 183 Å². The summed E-state index contributed by atoms with van der Waals surface area (Å²) in [6.45, 7) is 0.847. The molecule has 1 fully saturated rings. The first-order chi connectivity index (χ1) is 15.3. The molecule has 0 radical (unpaired) electrons. The molecular formula is C25H29N5O. The predicted molar refractivity (Wildman–Crippen MR) is 123 cm³/mol. The second-order valence-electron chi connectivity index (χ2n) is 8.48. The van der Waals surface area contributed by atoms with E-state index in [9.17, 15) is 5.11 Å². The molecule has 1 saturated carbocycles. The maximum absolute atomic E-state index is 9.97. The maximum Gasteiger partial charge on any atom is 0.224 e. The fourth-order valence-corrected chi connectivity index (χ4v) is 4.73. The molecule has 2 aliphatic rings. The lowest BCUT2D eigenvalue weighted by molar-refractivity contribution is 0.282. The average molecular weight is 416 g/mol. The van der Waals surface area contributed by atoms with E-state index in [1.165, 1.54) is 32.1 Å². The molecular weight excluding hydrogens is 386 g/mol. The van der Waals surface area contributed by atoms with Crippen LogP contribution >= 0.6 is 0 Å². The molecule has 0 spiro atoms. The lowest BCUT2D eigenvalue weighted by Crippen LogP contribution is -2.28. The monoisotopic (exact) mass is 415 g/mol. The van der Waals surface area contributed by atoms with Crippen molar-refractivity contribution in [2.75, 3.05) is 16.8 Å². The zero-order valence-corrected chi connectivity index (χ0v) is 17.8. The van der Waals surface area contributed by atoms with Gasteiger partial charge in [0.15, 0.2) is 0 Å². The standard InChI is InChI=1S/C25H29N5O/c31-17-20-16-19-10-7-15-30(24(19)29-23(20)18-8-3-1-4-9-18)22-13-14-26-25(28-22)27-21-11-5-2-6-12-21/h1,3-4,8-9,13-14,16,21,31H,2,5-7,10-12,15,17H2,(H,26,27,28). The Morgan fingerprint density at radius 2 is 1.84 bits per heavy atom. The van der Waals surface area contributed by atoms with E-state index in [1.807, 2.05) is 42.6 Å². The third-order valence-corrected chi connectivity index (χ3v) is 6.31. The van der Waals surface area contributed by atoms with Gasteiger partial charge in [-0.15, -0.1) is 0 Å². The Kier molecular flexibility index (Phi) is 5.80. The molecule has 6 heteroatoms. The number of hydrogen-bond donors (Lipinski definition) is 2. The Balaban J connectivity index is 1.49. The Hall–Kier alpha value is -2.99. The van der Waals surface area contributed by atoms with Crippen LogP contribution in [0.3, 0.4) is 0 Å². The minimum atomic E-state index is -0.0204. The number of anilines is 3. The highest BCUT2D eigenvalue weighted by Crippen LogP contribution is 2.35. The van der Waals surface area contributed by atoms with E-state index in [1.54, 1.807) is 0 Å². The summed E-state index contributed by atoms with van der Waals surface area (Å²) in [5.74, 6) is 2.51. The number of aromatic nitrogens is 3. The number of rotatable bonds is 5. The maximum atomic E-state index is 9.97. The lowest BCUT2D eigenvalue weighted by atomic mass is 9.96. The van der Waals surface area contributed by atoms with Gasteiger partial charge in [0.2, 0.25) is 5.95 Å². The highest BCUT2D eigenvalue weighted by Gasteiger charge is 2.24. The number of aryl methyl sites for hydroxylation is 1. The summed E-state index contributed by atoms with van der Waals surface area (Å²) in [6, 6.07) is 14.6. The molecule has 0 amide bonds. The fraction of sp³-hybridized carbons (Fsp3) is 0.400. The Morgan fingerprint density at radius 3 is 2.65 bits per heavy atom. The van der Waals surface area contributed by atoms with Crippen LogP contribution in [0.25, 0.3) is 11.3 Å². The molecule has 3 aromatic rings. The second-order valence-corrected chi connectivity index (χ2v) is 8.48. The zero-order valence-electron chi connectivity index (χ0n) is 17.8. The number of benzene rings is 1. The number of aliphatic hydroxyl groups is 1. The third-order valence-electron chi connectivity index (χ3n) is 6.31. The minimum Gasteiger partial charge on any atom is -0.392 e. The van der Waals surface area contributed by atoms with E-state index in [0.717, 1.165) is 53.4 Å². The van der Waals surface area contributed by atoms with E-state index < -0.39 is 0 Å². The SMILES string of the molecule is OCc1cc2c(nc1-c1ccccc1)N(c1ccnc(NC3CCCCC3)n1)CCC2. The van der Waals surface area contributed by atoms with E-state index in [4.69, 9.17) is 9.97 Å². The second kappa shape index (κ2) is 9.02. The van der Waals surface area contributed by atoms with E-state index in [0.29, 0.717) is 12.0 Å². The number of pyridine rings is 1. The molecule has 31 heavy (non-hydrogen) atoms. The molecule has 160 valence electrons. The molecule has 0 bridgehead atoms. The molecule has 2 N–H and O–H groups in total. The summed E-state index contributed by atoms with van der Waals surface area (Å²) in [5, 5.41) is 13.5. The van der Waals surface area contributed by atoms with E-state index in [2.05, 4.69) is 21.3 Å². The first-order valence-corrected chi connectivity index (χ1v) is 11.4. The van der Waals surface area contributed by atoms with Gasteiger partial charge in [0.1, 0.15) is 11.6 Å². The van der Waals surface area contributed by atoms with E-state index in [-0.39, 0.29) is 6.61 Å². The van der Waals surface area contributed by atoms with Crippen molar-refractivity contribution in [2.45, 2.75) is 57.6 Å². The molecule has 0 unspecified atom stereocenters. The van der Waals surface area contributed by atoms with Crippen LogP contribution in [0.4, 0.5) is 17.6 Å². The van der Waals surface area contributed by atoms with Crippen molar-refractivity contribution in [1.82, 2.24) is 15.0 Å². The van der Waals surface area contributed by atoms with Crippen LogP contribution in [0.2, 0.25) is 0 Å². The predicted octanol–water partition coefficient (Wildman–Crippen LogP) is 4.86. The smallest absolute Gasteiger partial charge is 0.224 e. The van der Waals surface area contributed by atoms with Gasteiger partial charge in [-0.1, -0.05) is 49.6 Å². The highest BCUT2D eigenvalue weighted by atomic mass is 16.3. The van der Waals surface area contributed by atoms with Crippen LogP contribution in [0.1, 0.15) is 49.7 Å². The highest BCUT2D eigenvalue weighted by molar-refractivity contribution is 5.70. The summed E-state index contributed by atoms with van der Waals surface area (Å²) in [4.78, 5) is 16.6. The van der Waals surface area contributed by atoms with Gasteiger partial charge in [-0.3, -0.25) is 0 Å². The largest absolute Gasteiger partial charge is 0.392 e. The molecule has 0 saturated heterocycles. The van der Waals surface area contributed by atoms with Crippen molar-refractivity contribution in [2.24, 2.45) is 0 Å². The van der Waals surface area contributed by atoms with E-state index >= 15 is 0 Å². The van der Waals surface area contributed by atoms with Crippen molar-refractivity contribution < 1.29 is 5.11 Å². The minimum absolute atomic E-state index is 0.0204. The zero-order chi connectivity index (χ0) is 21.0. The van der Waals surface area contributed by atoms with Crippen LogP contribution in [-0.4, -0.2) is 32.6 Å². The lowest BCUT2D eigenvalue weighted by Gasteiger charge is -2.31. The summed E-state index contributed by atoms with van der Waals surface area (Å²) >= 11 is 0. The van der Waals surface area contributed by atoms with Crippen molar-refractivity contribution in [1.29, 1.82) is 0 Å². The molecule has 1 aliphatic heterocycles. The number of fused-ring (bicyclic) bond motifs is 1. The van der Waals surface area contributed by atoms with Crippen LogP contribution in [0.15, 0.2) is 48.7 Å². The molecule has 6 nitrogen and oxygen atoms in total. The first-order valence-electron chi connectivity index (χ1n) is 11.4. The van der Waals surface area contributed by atoms with Crippen molar-refractivity contribution in [3.63, 3.8) is 0 Å². The number of nitrogens with zero attached hydrogens (tertiary/aromatic N) is 4. The van der Waals surface area contributed by atoms with Gasteiger partial charge in [0, 0.05) is 29.9 Å². The molecule has 0 atom stereocenters. The summed E-state index contributed by atoms with van der Waals surface area (Å²) in [7, 11) is 0. The molecule has 1 aromatic carbocycles. The molecule has 2 aromatic heterocycles. The topological polar surface area (TPSA) is 74.2 Å². The number of hydrogen-bond acceptors (Lipinski definition) is 6. The first kappa shape index (κ1) is 19.9. The quantitative estimate of drug-likeness (QED) is 0.620. The van der Waals surface area contributed by atoms with Crippen LogP contribution < -0.4 is 10.2 Å². The number of nitrogens with one attached hydrogen (secondary N) is 1. The van der Waals surface area contributed by atoms with Crippen molar-refractivity contribution >= 4 is 17.6 Å². The van der Waals surface area contributed by atoms with Gasteiger partial charge < -0.3 is 15.3 Å². The molecule has 1 aliphatic carbocycles. The summed E-state index contributed by atoms with van der Waals surface area (Å²) in [5.41, 5.74) is 3.88. The Morgan fingerprint density at radius 1 is 1.00 bits per heavy atom. The van der Waals surface area contributed by atoms with Gasteiger partial charge in [-0.25, -0.2) is 9.97 Å². The van der Waals surface area contributed by atoms with Crippen LogP contribution in [-0.2, 0) is 13.0 Å². The average Bonchev–Trinajstić information content (AvgIpc) is 2.84. The van der Waals surface area contributed by atoms with Crippen LogP contribution in [0, 0.1) is 0 Å². The summed E-state index contributed by atoms with van der Waals surface area (Å²) in [6.07, 6.45) is 10.1.